The summed E-state index contributed by atoms with van der Waals surface area (Å²) in [6.07, 6.45) is 3.31. The number of aromatic nitrogens is 2. The molecule has 23 heavy (non-hydrogen) atoms. The van der Waals surface area contributed by atoms with Crippen LogP contribution in [0.2, 0.25) is 0 Å². The zero-order valence-electron chi connectivity index (χ0n) is 13.2. The van der Waals surface area contributed by atoms with Crippen LogP contribution in [-0.2, 0) is 0 Å². The molecule has 2 saturated heterocycles. The zero-order chi connectivity index (χ0) is 15.6. The predicted molar refractivity (Wildman–Crippen MR) is 88.3 cm³/mol. The van der Waals surface area contributed by atoms with Gasteiger partial charge in [0, 0.05) is 25.0 Å². The van der Waals surface area contributed by atoms with Gasteiger partial charge in [-0.25, -0.2) is 0 Å². The molecule has 0 aliphatic carbocycles. The van der Waals surface area contributed by atoms with Crippen LogP contribution in [0.3, 0.4) is 0 Å². The number of benzene rings is 1. The Bertz CT molecular complexity index is 675. The molecule has 2 fully saturated rings. The van der Waals surface area contributed by atoms with Gasteiger partial charge >= 0.3 is 0 Å². The van der Waals surface area contributed by atoms with Crippen molar-refractivity contribution in [3.63, 3.8) is 0 Å². The highest BCUT2D eigenvalue weighted by molar-refractivity contribution is 5.92. The molecule has 3 heterocycles. The highest BCUT2D eigenvalue weighted by atomic mass is 16.2. The van der Waals surface area contributed by atoms with E-state index in [1.165, 1.54) is 12.0 Å². The average Bonchev–Trinajstić information content (AvgIpc) is 3.35. The van der Waals surface area contributed by atoms with Gasteiger partial charge in [0.25, 0.3) is 5.91 Å². The van der Waals surface area contributed by atoms with E-state index in [2.05, 4.69) is 39.8 Å². The SMILES string of the molecule is O=C(c1cc(C2CCCN2)[nH]n1)N1CCC(c2ccccc2)C1. The van der Waals surface area contributed by atoms with Crippen LogP contribution in [0.1, 0.15) is 53.0 Å². The summed E-state index contributed by atoms with van der Waals surface area (Å²) in [4.78, 5) is 14.6. The summed E-state index contributed by atoms with van der Waals surface area (Å²) >= 11 is 0. The number of carbonyl (C=O) groups excluding carboxylic acids is 1. The number of H-pyrrole nitrogens is 1. The molecule has 2 aliphatic heterocycles. The van der Waals surface area contributed by atoms with E-state index in [1.54, 1.807) is 0 Å². The van der Waals surface area contributed by atoms with Crippen LogP contribution in [0.4, 0.5) is 0 Å². The number of nitrogens with zero attached hydrogens (tertiary/aromatic N) is 2. The molecule has 120 valence electrons. The Morgan fingerprint density at radius 2 is 2.09 bits per heavy atom. The topological polar surface area (TPSA) is 61.0 Å². The molecule has 0 bridgehead atoms. The molecule has 2 unspecified atom stereocenters. The average molecular weight is 310 g/mol. The Morgan fingerprint density at radius 1 is 1.22 bits per heavy atom. The van der Waals surface area contributed by atoms with Crippen LogP contribution in [0, 0.1) is 0 Å². The van der Waals surface area contributed by atoms with Crippen molar-refractivity contribution in [2.24, 2.45) is 0 Å². The van der Waals surface area contributed by atoms with Crippen molar-refractivity contribution in [2.45, 2.75) is 31.2 Å². The van der Waals surface area contributed by atoms with Crippen molar-refractivity contribution in [1.82, 2.24) is 20.4 Å². The normalized spacial score (nSPS) is 24.3. The van der Waals surface area contributed by atoms with E-state index in [0.29, 0.717) is 17.7 Å². The first-order valence-electron chi connectivity index (χ1n) is 8.44. The van der Waals surface area contributed by atoms with Gasteiger partial charge in [-0.05, 0) is 37.4 Å². The summed E-state index contributed by atoms with van der Waals surface area (Å²) in [6.45, 7) is 2.63. The van der Waals surface area contributed by atoms with Gasteiger partial charge in [-0.15, -0.1) is 0 Å². The summed E-state index contributed by atoms with van der Waals surface area (Å²) in [6, 6.07) is 12.7. The quantitative estimate of drug-likeness (QED) is 0.915. The van der Waals surface area contributed by atoms with E-state index in [4.69, 9.17) is 0 Å². The minimum absolute atomic E-state index is 0.0453. The molecule has 1 aromatic heterocycles. The van der Waals surface area contributed by atoms with Crippen LogP contribution in [0.25, 0.3) is 0 Å². The smallest absolute Gasteiger partial charge is 0.274 e. The summed E-state index contributed by atoms with van der Waals surface area (Å²) in [5.41, 5.74) is 2.90. The number of likely N-dealkylation sites (tertiary alicyclic amines) is 1. The molecule has 1 amide bonds. The van der Waals surface area contributed by atoms with E-state index in [9.17, 15) is 4.79 Å². The maximum atomic E-state index is 12.7. The van der Waals surface area contributed by atoms with Crippen molar-refractivity contribution in [3.8, 4) is 0 Å². The van der Waals surface area contributed by atoms with Crippen LogP contribution < -0.4 is 5.32 Å². The second-order valence-corrected chi connectivity index (χ2v) is 6.50. The Hall–Kier alpha value is -2.14. The van der Waals surface area contributed by atoms with Gasteiger partial charge in [-0.2, -0.15) is 5.10 Å². The van der Waals surface area contributed by atoms with Crippen molar-refractivity contribution >= 4 is 5.91 Å². The second kappa shape index (κ2) is 6.16. The van der Waals surface area contributed by atoms with Crippen LogP contribution in [-0.4, -0.2) is 40.6 Å². The molecule has 4 rings (SSSR count). The maximum absolute atomic E-state index is 12.7. The number of carbonyl (C=O) groups is 1. The zero-order valence-corrected chi connectivity index (χ0v) is 13.2. The van der Waals surface area contributed by atoms with Gasteiger partial charge in [-0.1, -0.05) is 30.3 Å². The molecule has 2 aliphatic rings. The standard InChI is InChI=1S/C18H22N4O/c23-18(17-11-16(20-21-17)15-7-4-9-19-15)22-10-8-14(12-22)13-5-2-1-3-6-13/h1-3,5-6,11,14-15,19H,4,7-10,12H2,(H,20,21). The lowest BCUT2D eigenvalue weighted by molar-refractivity contribution is 0.0785. The fourth-order valence-corrected chi connectivity index (χ4v) is 3.68. The Labute approximate surface area is 136 Å². The van der Waals surface area contributed by atoms with Gasteiger partial charge in [0.2, 0.25) is 0 Å². The van der Waals surface area contributed by atoms with Gasteiger partial charge in [0.05, 0.1) is 5.69 Å². The molecule has 2 atom stereocenters. The van der Waals surface area contributed by atoms with Crippen molar-refractivity contribution < 1.29 is 4.79 Å². The van der Waals surface area contributed by atoms with Gasteiger partial charge < -0.3 is 10.2 Å². The first-order valence-corrected chi connectivity index (χ1v) is 8.44. The predicted octanol–water partition coefficient (Wildman–Crippen LogP) is 2.46. The molecule has 1 aromatic carbocycles. The third-order valence-electron chi connectivity index (χ3n) is 5.00. The lowest BCUT2D eigenvalue weighted by Crippen LogP contribution is -2.28. The fourth-order valence-electron chi connectivity index (χ4n) is 3.68. The first-order chi connectivity index (χ1) is 11.3. The second-order valence-electron chi connectivity index (χ2n) is 6.50. The first kappa shape index (κ1) is 14.5. The number of hydrogen-bond acceptors (Lipinski definition) is 3. The number of hydrogen-bond donors (Lipinski definition) is 2. The third kappa shape index (κ3) is 2.88. The number of nitrogens with one attached hydrogen (secondary N) is 2. The molecule has 2 N–H and O–H groups in total. The number of aromatic amines is 1. The fraction of sp³-hybridized carbons (Fsp3) is 0.444. The monoisotopic (exact) mass is 310 g/mol. The van der Waals surface area contributed by atoms with Crippen LogP contribution in [0.15, 0.2) is 36.4 Å². The van der Waals surface area contributed by atoms with Crippen LogP contribution in [0.5, 0.6) is 0 Å². The lowest BCUT2D eigenvalue weighted by Gasteiger charge is -2.15. The molecular formula is C18H22N4O. The van der Waals surface area contributed by atoms with Crippen molar-refractivity contribution in [1.29, 1.82) is 0 Å². The van der Waals surface area contributed by atoms with Crippen molar-refractivity contribution in [3.05, 3.63) is 53.3 Å². The highest BCUT2D eigenvalue weighted by Gasteiger charge is 2.29. The van der Waals surface area contributed by atoms with Crippen LogP contribution >= 0.6 is 0 Å². The molecule has 0 saturated carbocycles. The summed E-state index contributed by atoms with van der Waals surface area (Å²) in [7, 11) is 0. The minimum atomic E-state index is 0.0453. The highest BCUT2D eigenvalue weighted by Crippen LogP contribution is 2.28. The molecule has 0 radical (unpaired) electrons. The van der Waals surface area contributed by atoms with Crippen molar-refractivity contribution in [2.75, 3.05) is 19.6 Å². The Balaban J connectivity index is 1.43. The van der Waals surface area contributed by atoms with Gasteiger partial charge in [0.15, 0.2) is 0 Å². The van der Waals surface area contributed by atoms with E-state index < -0.39 is 0 Å². The van der Waals surface area contributed by atoms with E-state index >= 15 is 0 Å². The summed E-state index contributed by atoms with van der Waals surface area (Å²) in [5.74, 6) is 0.485. The Morgan fingerprint density at radius 3 is 2.87 bits per heavy atom. The minimum Gasteiger partial charge on any atom is -0.337 e. The largest absolute Gasteiger partial charge is 0.337 e. The summed E-state index contributed by atoms with van der Waals surface area (Å²) in [5, 5.41) is 10.7. The van der Waals surface area contributed by atoms with E-state index in [-0.39, 0.29) is 5.91 Å². The third-order valence-corrected chi connectivity index (χ3v) is 5.00. The molecule has 5 nitrogen and oxygen atoms in total. The molecular weight excluding hydrogens is 288 g/mol. The Kier molecular flexibility index (Phi) is 3.87. The number of rotatable bonds is 3. The van der Waals surface area contributed by atoms with Gasteiger partial charge in [0.1, 0.15) is 5.69 Å². The lowest BCUT2D eigenvalue weighted by atomic mass is 9.99. The molecule has 2 aromatic rings. The maximum Gasteiger partial charge on any atom is 0.274 e. The number of amides is 1. The molecule has 0 spiro atoms. The van der Waals surface area contributed by atoms with E-state index in [0.717, 1.165) is 38.2 Å². The van der Waals surface area contributed by atoms with E-state index in [1.807, 2.05) is 17.0 Å². The summed E-state index contributed by atoms with van der Waals surface area (Å²) < 4.78 is 0. The van der Waals surface area contributed by atoms with Gasteiger partial charge in [-0.3, -0.25) is 9.89 Å². The molecule has 5 heteroatoms.